The number of ether oxygens (including phenoxy) is 1. The van der Waals surface area contributed by atoms with Gasteiger partial charge in [0.15, 0.2) is 0 Å². The molecule has 0 saturated carbocycles. The highest BCUT2D eigenvalue weighted by Crippen LogP contribution is 2.32. The molecule has 0 aromatic heterocycles. The summed E-state index contributed by atoms with van der Waals surface area (Å²) in [5, 5.41) is 0. The third-order valence-electron chi connectivity index (χ3n) is 3.05. The van der Waals surface area contributed by atoms with Crippen molar-refractivity contribution in [1.82, 2.24) is 0 Å². The number of hydrogen-bond donors (Lipinski definition) is 0. The van der Waals surface area contributed by atoms with Crippen molar-refractivity contribution in [1.29, 1.82) is 0 Å². The Kier molecular flexibility index (Phi) is 4.21. The number of halogens is 1. The van der Waals surface area contributed by atoms with E-state index in [0.29, 0.717) is 0 Å². The number of piperidine rings is 1. The van der Waals surface area contributed by atoms with Crippen LogP contribution in [0.2, 0.25) is 0 Å². The van der Waals surface area contributed by atoms with Gasteiger partial charge < -0.3 is 9.64 Å². The Labute approximate surface area is 118 Å². The van der Waals surface area contributed by atoms with Crippen LogP contribution in [-0.4, -0.2) is 18.7 Å². The molecule has 0 radical (unpaired) electrons. The molecule has 3 heteroatoms. The summed E-state index contributed by atoms with van der Waals surface area (Å²) in [7, 11) is 0. The molecule has 1 heterocycles. The zero-order chi connectivity index (χ0) is 13.2. The molecule has 18 heavy (non-hydrogen) atoms. The Morgan fingerprint density at radius 3 is 2.33 bits per heavy atom. The minimum atomic E-state index is -0.158. The van der Waals surface area contributed by atoms with E-state index in [4.69, 9.17) is 4.74 Å². The van der Waals surface area contributed by atoms with Crippen molar-refractivity contribution < 1.29 is 4.74 Å². The van der Waals surface area contributed by atoms with Gasteiger partial charge in [0, 0.05) is 18.8 Å². The van der Waals surface area contributed by atoms with E-state index in [1.165, 1.54) is 38.0 Å². The van der Waals surface area contributed by atoms with Crippen molar-refractivity contribution in [3.8, 4) is 5.75 Å². The highest BCUT2D eigenvalue weighted by atomic mass is 79.9. The van der Waals surface area contributed by atoms with Gasteiger partial charge >= 0.3 is 0 Å². The van der Waals surface area contributed by atoms with E-state index >= 15 is 0 Å². The first-order valence-corrected chi connectivity index (χ1v) is 7.48. The SMILES string of the molecule is CC(C)(C)Oc1ccc(N2CCCCC2)cc1Br. The predicted molar refractivity (Wildman–Crippen MR) is 80.6 cm³/mol. The monoisotopic (exact) mass is 311 g/mol. The Hall–Kier alpha value is -0.700. The average molecular weight is 312 g/mol. The first-order chi connectivity index (χ1) is 8.46. The summed E-state index contributed by atoms with van der Waals surface area (Å²) in [5.74, 6) is 0.920. The van der Waals surface area contributed by atoms with E-state index in [0.717, 1.165) is 10.2 Å². The summed E-state index contributed by atoms with van der Waals surface area (Å²) in [6.45, 7) is 8.55. The quantitative estimate of drug-likeness (QED) is 0.790. The van der Waals surface area contributed by atoms with Crippen molar-refractivity contribution in [3.05, 3.63) is 22.7 Å². The van der Waals surface area contributed by atoms with Gasteiger partial charge in [-0.25, -0.2) is 0 Å². The molecule has 0 bridgehead atoms. The van der Waals surface area contributed by atoms with E-state index < -0.39 is 0 Å². The zero-order valence-corrected chi connectivity index (χ0v) is 13.1. The second kappa shape index (κ2) is 5.52. The van der Waals surface area contributed by atoms with Crippen LogP contribution in [0.15, 0.2) is 22.7 Å². The molecule has 100 valence electrons. The Morgan fingerprint density at radius 2 is 1.78 bits per heavy atom. The van der Waals surface area contributed by atoms with Crippen molar-refractivity contribution in [2.24, 2.45) is 0 Å². The van der Waals surface area contributed by atoms with Gasteiger partial charge in [-0.2, -0.15) is 0 Å². The van der Waals surface area contributed by atoms with Crippen molar-refractivity contribution in [2.75, 3.05) is 18.0 Å². The van der Waals surface area contributed by atoms with Crippen molar-refractivity contribution in [3.63, 3.8) is 0 Å². The normalized spacial score (nSPS) is 16.8. The van der Waals surface area contributed by atoms with Gasteiger partial charge in [-0.3, -0.25) is 0 Å². The van der Waals surface area contributed by atoms with Crippen molar-refractivity contribution in [2.45, 2.75) is 45.6 Å². The molecule has 1 aliphatic heterocycles. The summed E-state index contributed by atoms with van der Waals surface area (Å²) in [6.07, 6.45) is 3.97. The summed E-state index contributed by atoms with van der Waals surface area (Å²) in [4.78, 5) is 2.45. The van der Waals surface area contributed by atoms with Gasteiger partial charge in [0.1, 0.15) is 11.4 Å². The number of anilines is 1. The van der Waals surface area contributed by atoms with Crippen LogP contribution in [0.5, 0.6) is 5.75 Å². The Bertz CT molecular complexity index is 405. The second-order valence-electron chi connectivity index (χ2n) is 5.88. The van der Waals surface area contributed by atoms with Gasteiger partial charge in [0.05, 0.1) is 4.47 Å². The maximum atomic E-state index is 5.91. The topological polar surface area (TPSA) is 12.5 Å². The van der Waals surface area contributed by atoms with Gasteiger partial charge in [-0.1, -0.05) is 0 Å². The lowest BCUT2D eigenvalue weighted by Gasteiger charge is -2.29. The van der Waals surface area contributed by atoms with Crippen LogP contribution in [0, 0.1) is 0 Å². The number of benzene rings is 1. The number of nitrogens with zero attached hydrogens (tertiary/aromatic N) is 1. The van der Waals surface area contributed by atoms with Crippen LogP contribution >= 0.6 is 15.9 Å². The lowest BCUT2D eigenvalue weighted by atomic mass is 10.1. The Morgan fingerprint density at radius 1 is 1.11 bits per heavy atom. The smallest absolute Gasteiger partial charge is 0.134 e. The molecule has 0 N–H and O–H groups in total. The molecule has 0 unspecified atom stereocenters. The lowest BCUT2D eigenvalue weighted by Crippen LogP contribution is -2.29. The predicted octanol–water partition coefficient (Wildman–Crippen LogP) is 4.62. The third kappa shape index (κ3) is 3.64. The molecule has 0 spiro atoms. The summed E-state index contributed by atoms with van der Waals surface area (Å²) in [5.41, 5.74) is 1.14. The third-order valence-corrected chi connectivity index (χ3v) is 3.67. The molecule has 2 nitrogen and oxygen atoms in total. The molecule has 2 rings (SSSR count). The highest BCUT2D eigenvalue weighted by molar-refractivity contribution is 9.10. The van der Waals surface area contributed by atoms with Gasteiger partial charge in [0.25, 0.3) is 0 Å². The molecular weight excluding hydrogens is 290 g/mol. The van der Waals surface area contributed by atoms with E-state index in [1.807, 2.05) is 0 Å². The fourth-order valence-corrected chi connectivity index (χ4v) is 2.70. The molecule has 1 aromatic carbocycles. The van der Waals surface area contributed by atoms with E-state index in [1.54, 1.807) is 0 Å². The second-order valence-corrected chi connectivity index (χ2v) is 6.73. The largest absolute Gasteiger partial charge is 0.487 e. The fraction of sp³-hybridized carbons (Fsp3) is 0.600. The van der Waals surface area contributed by atoms with Crippen LogP contribution < -0.4 is 9.64 Å². The molecular formula is C15H22BrNO. The zero-order valence-electron chi connectivity index (χ0n) is 11.5. The summed E-state index contributed by atoms with van der Waals surface area (Å²) < 4.78 is 6.95. The van der Waals surface area contributed by atoms with Crippen LogP contribution in [0.1, 0.15) is 40.0 Å². The van der Waals surface area contributed by atoms with Crippen LogP contribution in [-0.2, 0) is 0 Å². The van der Waals surface area contributed by atoms with E-state index in [-0.39, 0.29) is 5.60 Å². The van der Waals surface area contributed by atoms with Gasteiger partial charge in [-0.05, 0) is 74.2 Å². The Balaban J connectivity index is 2.13. The molecule has 0 atom stereocenters. The molecule has 1 fully saturated rings. The van der Waals surface area contributed by atoms with Gasteiger partial charge in [-0.15, -0.1) is 0 Å². The van der Waals surface area contributed by atoms with Crippen molar-refractivity contribution >= 4 is 21.6 Å². The maximum absolute atomic E-state index is 5.91. The highest BCUT2D eigenvalue weighted by Gasteiger charge is 2.16. The minimum Gasteiger partial charge on any atom is -0.487 e. The van der Waals surface area contributed by atoms with Crippen LogP contribution in [0.25, 0.3) is 0 Å². The molecule has 0 aliphatic carbocycles. The molecule has 1 saturated heterocycles. The summed E-state index contributed by atoms with van der Waals surface area (Å²) >= 11 is 3.61. The average Bonchev–Trinajstić information content (AvgIpc) is 2.31. The fourth-order valence-electron chi connectivity index (χ4n) is 2.25. The minimum absolute atomic E-state index is 0.158. The van der Waals surface area contributed by atoms with Crippen LogP contribution in [0.4, 0.5) is 5.69 Å². The molecule has 1 aromatic rings. The molecule has 1 aliphatic rings. The lowest BCUT2D eigenvalue weighted by molar-refractivity contribution is 0.130. The standard InChI is InChI=1S/C15H22BrNO/c1-15(2,3)18-14-8-7-12(11-13(14)16)17-9-5-4-6-10-17/h7-8,11H,4-6,9-10H2,1-3H3. The van der Waals surface area contributed by atoms with Crippen LogP contribution in [0.3, 0.4) is 0 Å². The molecule has 0 amide bonds. The number of rotatable bonds is 2. The first-order valence-electron chi connectivity index (χ1n) is 6.69. The maximum Gasteiger partial charge on any atom is 0.134 e. The van der Waals surface area contributed by atoms with E-state index in [9.17, 15) is 0 Å². The van der Waals surface area contributed by atoms with Gasteiger partial charge in [0.2, 0.25) is 0 Å². The van der Waals surface area contributed by atoms with E-state index in [2.05, 4.69) is 59.8 Å². The first kappa shape index (κ1) is 13.7. The number of hydrogen-bond acceptors (Lipinski definition) is 2. The summed E-state index contributed by atoms with van der Waals surface area (Å²) in [6, 6.07) is 6.41.